The molecular weight excluding hydrogens is 476 g/mol. The van der Waals surface area contributed by atoms with E-state index in [1.807, 2.05) is 0 Å². The highest BCUT2D eigenvalue weighted by Crippen LogP contribution is 2.56. The van der Waals surface area contributed by atoms with Gasteiger partial charge in [0.05, 0.1) is 0 Å². The first-order valence-corrected chi connectivity index (χ1v) is 17.6. The summed E-state index contributed by atoms with van der Waals surface area (Å²) in [6.07, 6.45) is 27.5. The number of hydrogen-bond acceptors (Lipinski definition) is 2. The highest BCUT2D eigenvalue weighted by atomic mass is 16.5. The van der Waals surface area contributed by atoms with E-state index in [9.17, 15) is 4.79 Å². The molecule has 2 rings (SSSR count). The van der Waals surface area contributed by atoms with Crippen LogP contribution in [0.1, 0.15) is 177 Å². The largest absolute Gasteiger partial charge is 0.462 e. The minimum Gasteiger partial charge on any atom is -0.462 e. The van der Waals surface area contributed by atoms with Crippen molar-refractivity contribution in [2.24, 2.45) is 35.0 Å². The molecule has 0 aromatic heterocycles. The monoisotopic (exact) mass is 545 g/mol. The summed E-state index contributed by atoms with van der Waals surface area (Å²) in [5.41, 5.74) is 1.92. The Kier molecular flexibility index (Phi) is 16.4. The topological polar surface area (TPSA) is 26.3 Å². The standard InChI is InChI=1S/C37H68O2/c1-8-10-12-13-14-15-21-36(38)39-33-26-27-37(7)32(28-33)24-25-34(35(37)20-11-9-2)31(6)23-22-30(5)19-17-16-18-29(3)4/h24,29-31,33-35H,8-23,25-28H2,1-7H3/t30-,31?,33-,34?,35?,37-/m0/s1. The minimum absolute atomic E-state index is 0.0443. The number of allylic oxidation sites excluding steroid dienone is 1. The molecule has 0 aromatic rings. The van der Waals surface area contributed by atoms with Gasteiger partial charge in [-0.3, -0.25) is 4.79 Å². The van der Waals surface area contributed by atoms with Gasteiger partial charge in [-0.1, -0.05) is 144 Å². The quantitative estimate of drug-likeness (QED) is 0.0865. The fourth-order valence-electron chi connectivity index (χ4n) is 7.79. The van der Waals surface area contributed by atoms with E-state index < -0.39 is 0 Å². The summed E-state index contributed by atoms with van der Waals surface area (Å²) in [5, 5.41) is 0. The van der Waals surface area contributed by atoms with Crippen LogP contribution in [-0.4, -0.2) is 12.1 Å². The highest BCUT2D eigenvalue weighted by Gasteiger charge is 2.48. The van der Waals surface area contributed by atoms with Crippen molar-refractivity contribution >= 4 is 5.97 Å². The first-order valence-electron chi connectivity index (χ1n) is 17.6. The van der Waals surface area contributed by atoms with Crippen molar-refractivity contribution in [3.05, 3.63) is 11.6 Å². The van der Waals surface area contributed by atoms with E-state index in [-0.39, 0.29) is 12.1 Å². The van der Waals surface area contributed by atoms with Crippen molar-refractivity contribution in [2.45, 2.75) is 183 Å². The van der Waals surface area contributed by atoms with Crippen LogP contribution in [0.15, 0.2) is 11.6 Å². The number of fused-ring (bicyclic) bond motifs is 1. The molecule has 2 nitrogen and oxygen atoms in total. The van der Waals surface area contributed by atoms with Crippen molar-refractivity contribution in [1.29, 1.82) is 0 Å². The molecule has 39 heavy (non-hydrogen) atoms. The zero-order valence-electron chi connectivity index (χ0n) is 27.5. The summed E-state index contributed by atoms with van der Waals surface area (Å²) in [5.74, 6) is 4.15. The zero-order chi connectivity index (χ0) is 28.7. The fraction of sp³-hybridized carbons (Fsp3) is 0.919. The third-order valence-corrected chi connectivity index (χ3v) is 10.6. The van der Waals surface area contributed by atoms with Crippen LogP contribution < -0.4 is 0 Å². The number of carbonyl (C=O) groups is 1. The van der Waals surface area contributed by atoms with E-state index in [0.717, 1.165) is 48.9 Å². The molecule has 0 aromatic carbocycles. The Hall–Kier alpha value is -0.790. The first kappa shape index (κ1) is 34.4. The highest BCUT2D eigenvalue weighted by molar-refractivity contribution is 5.69. The van der Waals surface area contributed by atoms with Crippen LogP contribution in [-0.2, 0) is 9.53 Å². The molecule has 0 saturated heterocycles. The molecule has 3 unspecified atom stereocenters. The predicted molar refractivity (Wildman–Crippen MR) is 170 cm³/mol. The number of esters is 1. The van der Waals surface area contributed by atoms with Gasteiger partial charge in [-0.15, -0.1) is 0 Å². The molecular formula is C37H68O2. The lowest BCUT2D eigenvalue weighted by atomic mass is 9.53. The van der Waals surface area contributed by atoms with Crippen molar-refractivity contribution in [1.82, 2.24) is 0 Å². The minimum atomic E-state index is 0.0443. The van der Waals surface area contributed by atoms with Gasteiger partial charge in [-0.25, -0.2) is 0 Å². The second kappa shape index (κ2) is 18.6. The van der Waals surface area contributed by atoms with Crippen molar-refractivity contribution in [3.63, 3.8) is 0 Å². The van der Waals surface area contributed by atoms with Crippen molar-refractivity contribution in [3.8, 4) is 0 Å². The maximum atomic E-state index is 12.6. The fourth-order valence-corrected chi connectivity index (χ4v) is 7.79. The summed E-state index contributed by atoms with van der Waals surface area (Å²) in [4.78, 5) is 12.6. The van der Waals surface area contributed by atoms with Gasteiger partial charge in [0.1, 0.15) is 6.10 Å². The Morgan fingerprint density at radius 1 is 0.897 bits per heavy atom. The van der Waals surface area contributed by atoms with Crippen LogP contribution in [0.4, 0.5) is 0 Å². The number of rotatable bonds is 20. The summed E-state index contributed by atoms with van der Waals surface area (Å²) >= 11 is 0. The molecule has 0 heterocycles. The van der Waals surface area contributed by atoms with Gasteiger partial charge in [0.15, 0.2) is 0 Å². The van der Waals surface area contributed by atoms with Crippen LogP contribution in [0.25, 0.3) is 0 Å². The lowest BCUT2D eigenvalue weighted by molar-refractivity contribution is -0.151. The average Bonchev–Trinajstić information content (AvgIpc) is 2.90. The van der Waals surface area contributed by atoms with Gasteiger partial charge in [0.25, 0.3) is 0 Å². The number of ether oxygens (including phenoxy) is 1. The number of hydrogen-bond donors (Lipinski definition) is 0. The Bertz CT molecular complexity index is 694. The maximum Gasteiger partial charge on any atom is 0.306 e. The van der Waals surface area contributed by atoms with Crippen LogP contribution in [0, 0.1) is 35.0 Å². The summed E-state index contributed by atoms with van der Waals surface area (Å²) < 4.78 is 6.04. The Balaban J connectivity index is 1.89. The van der Waals surface area contributed by atoms with Gasteiger partial charge in [-0.2, -0.15) is 0 Å². The van der Waals surface area contributed by atoms with Gasteiger partial charge in [0, 0.05) is 12.8 Å². The van der Waals surface area contributed by atoms with Crippen molar-refractivity contribution < 1.29 is 9.53 Å². The Labute approximate surface area is 244 Å². The van der Waals surface area contributed by atoms with Crippen LogP contribution in [0.2, 0.25) is 0 Å². The molecule has 0 amide bonds. The molecule has 2 heteroatoms. The van der Waals surface area contributed by atoms with Crippen molar-refractivity contribution in [2.75, 3.05) is 0 Å². The molecule has 0 radical (unpaired) electrons. The van der Waals surface area contributed by atoms with Gasteiger partial charge < -0.3 is 4.74 Å². The molecule has 0 spiro atoms. The van der Waals surface area contributed by atoms with E-state index in [4.69, 9.17) is 4.74 Å². The molecule has 6 atom stereocenters. The van der Waals surface area contributed by atoms with E-state index in [2.05, 4.69) is 54.5 Å². The third-order valence-electron chi connectivity index (χ3n) is 10.6. The lowest BCUT2D eigenvalue weighted by Gasteiger charge is -2.52. The Morgan fingerprint density at radius 2 is 1.59 bits per heavy atom. The molecule has 2 aliphatic carbocycles. The van der Waals surface area contributed by atoms with Crippen LogP contribution in [0.5, 0.6) is 0 Å². The van der Waals surface area contributed by atoms with Gasteiger partial charge in [0.2, 0.25) is 0 Å². The molecule has 1 saturated carbocycles. The van der Waals surface area contributed by atoms with E-state index in [1.165, 1.54) is 103 Å². The SMILES string of the molecule is CCCCCCCCC(=O)O[C@H]1CC[C@@]2(C)C(=CCC(C(C)CC[C@@H](C)CCCCC(C)C)C2CCCC)C1. The molecule has 0 N–H and O–H groups in total. The second-order valence-electron chi connectivity index (χ2n) is 14.5. The Morgan fingerprint density at radius 3 is 2.31 bits per heavy atom. The predicted octanol–water partition coefficient (Wildman–Crippen LogP) is 11.9. The average molecular weight is 545 g/mol. The number of carbonyl (C=O) groups excluding carboxylic acids is 1. The zero-order valence-corrected chi connectivity index (χ0v) is 27.5. The van der Waals surface area contributed by atoms with Crippen LogP contribution in [0.3, 0.4) is 0 Å². The second-order valence-corrected chi connectivity index (χ2v) is 14.5. The van der Waals surface area contributed by atoms with E-state index >= 15 is 0 Å². The van der Waals surface area contributed by atoms with Crippen LogP contribution >= 0.6 is 0 Å². The normalized spacial score (nSPS) is 26.7. The molecule has 1 fully saturated rings. The first-order chi connectivity index (χ1) is 18.7. The van der Waals surface area contributed by atoms with E-state index in [1.54, 1.807) is 5.57 Å². The molecule has 0 aliphatic heterocycles. The van der Waals surface area contributed by atoms with Gasteiger partial charge >= 0.3 is 5.97 Å². The lowest BCUT2D eigenvalue weighted by Crippen LogP contribution is -2.44. The molecule has 228 valence electrons. The van der Waals surface area contributed by atoms with E-state index in [0.29, 0.717) is 11.8 Å². The number of unbranched alkanes of at least 4 members (excludes halogenated alkanes) is 7. The third kappa shape index (κ3) is 11.9. The molecule has 0 bridgehead atoms. The maximum absolute atomic E-state index is 12.6. The summed E-state index contributed by atoms with van der Waals surface area (Å²) in [6.45, 7) is 16.9. The van der Waals surface area contributed by atoms with Gasteiger partial charge in [-0.05, 0) is 67.1 Å². The summed E-state index contributed by atoms with van der Waals surface area (Å²) in [7, 11) is 0. The summed E-state index contributed by atoms with van der Waals surface area (Å²) in [6, 6.07) is 0. The molecule has 2 aliphatic rings. The smallest absolute Gasteiger partial charge is 0.306 e.